The molecule has 0 aromatic heterocycles. The van der Waals surface area contributed by atoms with Crippen molar-refractivity contribution in [2.75, 3.05) is 13.7 Å². The van der Waals surface area contributed by atoms with E-state index in [1.165, 1.54) is 28.6 Å². The van der Waals surface area contributed by atoms with Gasteiger partial charge in [-0.1, -0.05) is 37.1 Å². The highest BCUT2D eigenvalue weighted by molar-refractivity contribution is 7.89. The van der Waals surface area contributed by atoms with Crippen molar-refractivity contribution in [3.8, 4) is 5.75 Å². The third-order valence-electron chi connectivity index (χ3n) is 4.85. The summed E-state index contributed by atoms with van der Waals surface area (Å²) < 4.78 is 33.3. The second kappa shape index (κ2) is 8.06. The van der Waals surface area contributed by atoms with Crippen LogP contribution < -0.4 is 4.74 Å². The van der Waals surface area contributed by atoms with E-state index in [0.717, 1.165) is 24.8 Å². The molecule has 0 amide bonds. The molecule has 0 spiro atoms. The number of benzene rings is 2. The van der Waals surface area contributed by atoms with E-state index in [0.29, 0.717) is 18.7 Å². The molecule has 1 fully saturated rings. The number of nitro benzene ring substituents is 1. The first-order valence-corrected chi connectivity index (χ1v) is 10.3. The monoisotopic (exact) mass is 390 g/mol. The van der Waals surface area contributed by atoms with Crippen LogP contribution in [0.3, 0.4) is 0 Å². The highest BCUT2D eigenvalue weighted by atomic mass is 32.2. The largest absolute Gasteiger partial charge is 0.497 e. The fraction of sp³-hybridized carbons (Fsp3) is 0.368. The lowest BCUT2D eigenvalue weighted by Crippen LogP contribution is -2.35. The summed E-state index contributed by atoms with van der Waals surface area (Å²) in [6, 6.07) is 12.5. The van der Waals surface area contributed by atoms with Crippen molar-refractivity contribution in [3.63, 3.8) is 0 Å². The summed E-state index contributed by atoms with van der Waals surface area (Å²) in [6.07, 6.45) is 3.23. The molecular weight excluding hydrogens is 368 g/mol. The van der Waals surface area contributed by atoms with E-state index in [4.69, 9.17) is 4.74 Å². The fourth-order valence-electron chi connectivity index (χ4n) is 3.48. The van der Waals surface area contributed by atoms with Gasteiger partial charge < -0.3 is 4.74 Å². The number of ether oxygens (including phenoxy) is 1. The van der Waals surface area contributed by atoms with E-state index in [-0.39, 0.29) is 10.9 Å². The van der Waals surface area contributed by atoms with Crippen LogP contribution in [0.2, 0.25) is 0 Å². The molecule has 1 aliphatic heterocycles. The van der Waals surface area contributed by atoms with Gasteiger partial charge in [0.05, 0.1) is 18.1 Å². The summed E-state index contributed by atoms with van der Waals surface area (Å²) >= 11 is 0. The minimum Gasteiger partial charge on any atom is -0.497 e. The van der Waals surface area contributed by atoms with E-state index >= 15 is 0 Å². The van der Waals surface area contributed by atoms with Crippen molar-refractivity contribution in [1.82, 2.24) is 4.31 Å². The predicted molar refractivity (Wildman–Crippen MR) is 101 cm³/mol. The highest BCUT2D eigenvalue weighted by Gasteiger charge is 2.37. The molecule has 2 aromatic carbocycles. The van der Waals surface area contributed by atoms with Crippen molar-refractivity contribution in [2.45, 2.75) is 36.6 Å². The fourth-order valence-corrected chi connectivity index (χ4v) is 5.32. The van der Waals surface area contributed by atoms with Crippen LogP contribution in [0.25, 0.3) is 0 Å². The molecule has 27 heavy (non-hydrogen) atoms. The van der Waals surface area contributed by atoms with Crippen LogP contribution in [0.15, 0.2) is 53.4 Å². The van der Waals surface area contributed by atoms with Gasteiger partial charge >= 0.3 is 0 Å². The normalized spacial score (nSPS) is 18.6. The number of sulfonamides is 1. The Morgan fingerprint density at radius 2 is 1.78 bits per heavy atom. The summed E-state index contributed by atoms with van der Waals surface area (Å²) in [6.45, 7) is 0.338. The standard InChI is InChI=1S/C19H22N2O5S/c1-26-16-12-10-15(11-13-16)17-7-3-2-6-14-20(17)27(24,25)19-9-5-4-8-18(19)21(22)23/h4-5,8-13,17H,2-3,6-7,14H2,1H3. The lowest BCUT2D eigenvalue weighted by molar-refractivity contribution is -0.387. The van der Waals surface area contributed by atoms with Crippen LogP contribution in [0.4, 0.5) is 5.69 Å². The maximum absolute atomic E-state index is 13.4. The van der Waals surface area contributed by atoms with E-state index < -0.39 is 20.6 Å². The second-order valence-electron chi connectivity index (χ2n) is 6.48. The molecule has 0 bridgehead atoms. The van der Waals surface area contributed by atoms with Gasteiger partial charge in [-0.15, -0.1) is 0 Å². The van der Waals surface area contributed by atoms with E-state index in [1.54, 1.807) is 19.2 Å². The molecule has 8 heteroatoms. The smallest absolute Gasteiger partial charge is 0.289 e. The second-order valence-corrected chi connectivity index (χ2v) is 8.34. The molecular formula is C19H22N2O5S. The number of methoxy groups -OCH3 is 1. The van der Waals surface area contributed by atoms with Gasteiger partial charge in [0, 0.05) is 12.6 Å². The molecule has 144 valence electrons. The van der Waals surface area contributed by atoms with Crippen molar-refractivity contribution in [2.24, 2.45) is 0 Å². The summed E-state index contributed by atoms with van der Waals surface area (Å²) in [7, 11) is -2.44. The summed E-state index contributed by atoms with van der Waals surface area (Å²) in [5.74, 6) is 0.695. The zero-order valence-electron chi connectivity index (χ0n) is 15.1. The first-order chi connectivity index (χ1) is 12.9. The number of hydrogen-bond acceptors (Lipinski definition) is 5. The number of rotatable bonds is 5. The quantitative estimate of drug-likeness (QED) is 0.570. The van der Waals surface area contributed by atoms with Crippen LogP contribution in [-0.2, 0) is 10.0 Å². The van der Waals surface area contributed by atoms with E-state index in [1.807, 2.05) is 12.1 Å². The molecule has 1 saturated heterocycles. The number of hydrogen-bond donors (Lipinski definition) is 0. The van der Waals surface area contributed by atoms with Gasteiger partial charge in [0.15, 0.2) is 4.90 Å². The van der Waals surface area contributed by atoms with Crippen LogP contribution in [0.1, 0.15) is 37.3 Å². The van der Waals surface area contributed by atoms with Gasteiger partial charge in [-0.2, -0.15) is 4.31 Å². The average molecular weight is 390 g/mol. The Bertz CT molecular complexity index is 912. The van der Waals surface area contributed by atoms with Crippen LogP contribution in [0.5, 0.6) is 5.75 Å². The number of para-hydroxylation sites is 1. The Kier molecular flexibility index (Phi) is 5.76. The zero-order chi connectivity index (χ0) is 19.4. The Hall–Kier alpha value is -2.45. The van der Waals surface area contributed by atoms with Gasteiger partial charge in [-0.3, -0.25) is 10.1 Å². The Balaban J connectivity index is 2.06. The summed E-state index contributed by atoms with van der Waals surface area (Å²) in [4.78, 5) is 10.4. The molecule has 0 N–H and O–H groups in total. The van der Waals surface area contributed by atoms with Crippen LogP contribution >= 0.6 is 0 Å². The molecule has 7 nitrogen and oxygen atoms in total. The Morgan fingerprint density at radius 3 is 2.44 bits per heavy atom. The average Bonchev–Trinajstić information content (AvgIpc) is 2.94. The zero-order valence-corrected chi connectivity index (χ0v) is 15.9. The maximum atomic E-state index is 13.4. The van der Waals surface area contributed by atoms with Gasteiger partial charge in [-0.05, 0) is 36.6 Å². The van der Waals surface area contributed by atoms with E-state index in [2.05, 4.69) is 0 Å². The van der Waals surface area contributed by atoms with Crippen LogP contribution in [0, 0.1) is 10.1 Å². The first kappa shape index (κ1) is 19.3. The Morgan fingerprint density at radius 1 is 1.07 bits per heavy atom. The third-order valence-corrected chi connectivity index (χ3v) is 6.81. The SMILES string of the molecule is COc1ccc(C2CCCCCN2S(=O)(=O)c2ccccc2[N+](=O)[O-])cc1. The molecule has 1 atom stereocenters. The van der Waals surface area contributed by atoms with Crippen molar-refractivity contribution in [3.05, 3.63) is 64.2 Å². The molecule has 0 saturated carbocycles. The topological polar surface area (TPSA) is 89.8 Å². The molecule has 1 heterocycles. The predicted octanol–water partition coefficient (Wildman–Crippen LogP) is 3.91. The summed E-state index contributed by atoms with van der Waals surface area (Å²) in [5, 5.41) is 11.3. The summed E-state index contributed by atoms with van der Waals surface area (Å²) in [5.41, 5.74) is 0.468. The van der Waals surface area contributed by atoms with Gasteiger partial charge in [0.2, 0.25) is 10.0 Å². The van der Waals surface area contributed by atoms with Crippen molar-refractivity contribution >= 4 is 15.7 Å². The van der Waals surface area contributed by atoms with Crippen molar-refractivity contribution in [1.29, 1.82) is 0 Å². The van der Waals surface area contributed by atoms with Gasteiger partial charge in [0.1, 0.15) is 5.75 Å². The molecule has 1 unspecified atom stereocenters. The first-order valence-electron chi connectivity index (χ1n) is 8.84. The molecule has 0 aliphatic carbocycles. The molecule has 2 aromatic rings. The lowest BCUT2D eigenvalue weighted by atomic mass is 10.0. The lowest BCUT2D eigenvalue weighted by Gasteiger charge is -2.29. The highest BCUT2D eigenvalue weighted by Crippen LogP contribution is 2.37. The maximum Gasteiger partial charge on any atom is 0.289 e. The third kappa shape index (κ3) is 3.96. The van der Waals surface area contributed by atoms with Crippen LogP contribution in [-0.4, -0.2) is 31.3 Å². The van der Waals surface area contributed by atoms with Gasteiger partial charge in [0.25, 0.3) is 5.69 Å². The number of nitrogens with zero attached hydrogens (tertiary/aromatic N) is 2. The van der Waals surface area contributed by atoms with E-state index in [9.17, 15) is 18.5 Å². The molecule has 1 aliphatic rings. The molecule has 0 radical (unpaired) electrons. The van der Waals surface area contributed by atoms with Crippen molar-refractivity contribution < 1.29 is 18.1 Å². The molecule has 3 rings (SSSR count). The minimum absolute atomic E-state index is 0.254. The minimum atomic E-state index is -4.01. The number of nitro groups is 1. The Labute approximate surface area is 158 Å². The van der Waals surface area contributed by atoms with Gasteiger partial charge in [-0.25, -0.2) is 8.42 Å².